The van der Waals surface area contributed by atoms with Gasteiger partial charge in [-0.05, 0) is 13.8 Å². The molecule has 13 heavy (non-hydrogen) atoms. The summed E-state index contributed by atoms with van der Waals surface area (Å²) >= 11 is 0. The van der Waals surface area contributed by atoms with Crippen LogP contribution in [0.25, 0.3) is 0 Å². The van der Waals surface area contributed by atoms with Crippen LogP contribution in [-0.4, -0.2) is 15.6 Å². The lowest BCUT2D eigenvalue weighted by Gasteiger charge is -2.11. The lowest BCUT2D eigenvalue weighted by Crippen LogP contribution is -2.37. The number of hydrazine groups is 1. The van der Waals surface area contributed by atoms with Gasteiger partial charge in [0.15, 0.2) is 0 Å². The van der Waals surface area contributed by atoms with E-state index in [2.05, 4.69) is 16.3 Å². The van der Waals surface area contributed by atoms with Crippen molar-refractivity contribution in [1.82, 2.24) is 15.0 Å². The number of terminal acetylenes is 1. The Kier molecular flexibility index (Phi) is 3.07. The molecule has 0 fully saturated rings. The molecule has 4 nitrogen and oxygen atoms in total. The summed E-state index contributed by atoms with van der Waals surface area (Å²) in [6.45, 7) is 4.62. The van der Waals surface area contributed by atoms with Crippen molar-refractivity contribution in [2.24, 2.45) is 5.84 Å². The zero-order valence-corrected chi connectivity index (χ0v) is 7.91. The van der Waals surface area contributed by atoms with Gasteiger partial charge in [-0.25, -0.2) is 10.4 Å². The zero-order chi connectivity index (χ0) is 9.84. The van der Waals surface area contributed by atoms with Crippen LogP contribution in [0.15, 0.2) is 6.33 Å². The number of aromatic nitrogens is 2. The second-order valence-corrected chi connectivity index (χ2v) is 2.95. The summed E-state index contributed by atoms with van der Waals surface area (Å²) in [7, 11) is 0. The number of nitrogens with one attached hydrogen (secondary N) is 1. The van der Waals surface area contributed by atoms with E-state index in [4.69, 9.17) is 12.3 Å². The molecule has 3 N–H and O–H groups in total. The Morgan fingerprint density at radius 1 is 1.77 bits per heavy atom. The van der Waals surface area contributed by atoms with Gasteiger partial charge >= 0.3 is 0 Å². The Bertz CT molecular complexity index is 321. The molecule has 0 radical (unpaired) electrons. The molecule has 70 valence electrons. The predicted molar refractivity (Wildman–Crippen MR) is 51.6 cm³/mol. The molecule has 0 bridgehead atoms. The minimum absolute atomic E-state index is 0.146. The quantitative estimate of drug-likeness (QED) is 0.388. The SMILES string of the molecule is C#CC(Cn1cnc(C)c1C)NN. The molecule has 1 atom stereocenters. The van der Waals surface area contributed by atoms with Gasteiger partial charge in [0.2, 0.25) is 0 Å². The molecule has 0 saturated carbocycles. The van der Waals surface area contributed by atoms with Crippen molar-refractivity contribution in [2.45, 2.75) is 26.4 Å². The summed E-state index contributed by atoms with van der Waals surface area (Å²) < 4.78 is 1.99. The Balaban J connectivity index is 2.75. The number of aryl methyl sites for hydroxylation is 1. The highest BCUT2D eigenvalue weighted by Crippen LogP contribution is 2.04. The third kappa shape index (κ3) is 2.08. The average Bonchev–Trinajstić information content (AvgIpc) is 2.45. The van der Waals surface area contributed by atoms with E-state index in [1.807, 2.05) is 18.4 Å². The first-order valence-corrected chi connectivity index (χ1v) is 4.09. The second kappa shape index (κ2) is 4.08. The second-order valence-electron chi connectivity index (χ2n) is 2.95. The molecule has 0 aliphatic heterocycles. The van der Waals surface area contributed by atoms with E-state index in [1.165, 1.54) is 0 Å². The van der Waals surface area contributed by atoms with E-state index in [0.29, 0.717) is 6.54 Å². The van der Waals surface area contributed by atoms with E-state index >= 15 is 0 Å². The molecule has 0 saturated heterocycles. The van der Waals surface area contributed by atoms with Crippen molar-refractivity contribution in [3.8, 4) is 12.3 Å². The van der Waals surface area contributed by atoms with Crippen LogP contribution in [0.2, 0.25) is 0 Å². The first kappa shape index (κ1) is 9.78. The number of hydrogen-bond donors (Lipinski definition) is 2. The van der Waals surface area contributed by atoms with E-state index < -0.39 is 0 Å². The van der Waals surface area contributed by atoms with E-state index in [0.717, 1.165) is 11.4 Å². The number of nitrogens with two attached hydrogens (primary N) is 1. The molecule has 1 heterocycles. The monoisotopic (exact) mass is 178 g/mol. The van der Waals surface area contributed by atoms with Crippen LogP contribution >= 0.6 is 0 Å². The van der Waals surface area contributed by atoms with Crippen molar-refractivity contribution in [2.75, 3.05) is 0 Å². The summed E-state index contributed by atoms with van der Waals surface area (Å²) in [6.07, 6.45) is 7.03. The number of hydrogen-bond acceptors (Lipinski definition) is 3. The number of imidazole rings is 1. The van der Waals surface area contributed by atoms with E-state index in [1.54, 1.807) is 6.33 Å². The van der Waals surface area contributed by atoms with Crippen LogP contribution in [0, 0.1) is 26.2 Å². The highest BCUT2D eigenvalue weighted by atomic mass is 15.2. The van der Waals surface area contributed by atoms with Gasteiger partial charge in [0.1, 0.15) is 0 Å². The van der Waals surface area contributed by atoms with Gasteiger partial charge in [0, 0.05) is 5.69 Å². The third-order valence-corrected chi connectivity index (χ3v) is 2.13. The molecular weight excluding hydrogens is 164 g/mol. The molecule has 0 aliphatic rings. The van der Waals surface area contributed by atoms with Crippen molar-refractivity contribution in [1.29, 1.82) is 0 Å². The Morgan fingerprint density at radius 2 is 2.46 bits per heavy atom. The first-order chi connectivity index (χ1) is 6.19. The fourth-order valence-corrected chi connectivity index (χ4v) is 1.08. The molecule has 0 aromatic carbocycles. The largest absolute Gasteiger partial charge is 0.332 e. The Morgan fingerprint density at radius 3 is 2.85 bits per heavy atom. The topological polar surface area (TPSA) is 55.9 Å². The number of nitrogens with zero attached hydrogens (tertiary/aromatic N) is 2. The van der Waals surface area contributed by atoms with E-state index in [-0.39, 0.29) is 6.04 Å². The smallest absolute Gasteiger partial charge is 0.0993 e. The lowest BCUT2D eigenvalue weighted by molar-refractivity contribution is 0.534. The van der Waals surface area contributed by atoms with E-state index in [9.17, 15) is 0 Å². The minimum atomic E-state index is -0.146. The molecule has 1 unspecified atom stereocenters. The van der Waals surface area contributed by atoms with Crippen molar-refractivity contribution in [3.63, 3.8) is 0 Å². The summed E-state index contributed by atoms with van der Waals surface area (Å²) in [6, 6.07) is -0.146. The summed E-state index contributed by atoms with van der Waals surface area (Å²) in [5, 5.41) is 0. The van der Waals surface area contributed by atoms with Gasteiger partial charge in [-0.15, -0.1) is 6.42 Å². The van der Waals surface area contributed by atoms with Crippen LogP contribution in [0.3, 0.4) is 0 Å². The van der Waals surface area contributed by atoms with Crippen molar-refractivity contribution in [3.05, 3.63) is 17.7 Å². The summed E-state index contributed by atoms with van der Waals surface area (Å²) in [5.74, 6) is 7.81. The van der Waals surface area contributed by atoms with Gasteiger partial charge < -0.3 is 4.57 Å². The zero-order valence-electron chi connectivity index (χ0n) is 7.91. The maximum Gasteiger partial charge on any atom is 0.0993 e. The van der Waals surface area contributed by atoms with Gasteiger partial charge in [0.25, 0.3) is 0 Å². The molecular formula is C9H14N4. The fraction of sp³-hybridized carbons (Fsp3) is 0.444. The molecule has 4 heteroatoms. The molecule has 0 amide bonds. The van der Waals surface area contributed by atoms with Crippen LogP contribution in [-0.2, 0) is 6.54 Å². The average molecular weight is 178 g/mol. The van der Waals surface area contributed by atoms with Gasteiger partial charge in [-0.3, -0.25) is 5.84 Å². The molecule has 0 aliphatic carbocycles. The first-order valence-electron chi connectivity index (χ1n) is 4.09. The fourth-order valence-electron chi connectivity index (χ4n) is 1.08. The minimum Gasteiger partial charge on any atom is -0.332 e. The predicted octanol–water partition coefficient (Wildman–Crippen LogP) is -0.0350. The normalized spacial score (nSPS) is 12.5. The van der Waals surface area contributed by atoms with Crippen LogP contribution < -0.4 is 11.3 Å². The van der Waals surface area contributed by atoms with Crippen LogP contribution in [0.1, 0.15) is 11.4 Å². The van der Waals surface area contributed by atoms with Gasteiger partial charge in [0.05, 0.1) is 24.6 Å². The standard InChI is InChI=1S/C9H14N4/c1-4-9(12-10)5-13-6-11-7(2)8(13)3/h1,6,9,12H,5,10H2,2-3H3. The highest BCUT2D eigenvalue weighted by molar-refractivity contribution is 5.10. The maximum absolute atomic E-state index is 5.26. The third-order valence-electron chi connectivity index (χ3n) is 2.13. The molecule has 0 spiro atoms. The van der Waals surface area contributed by atoms with Gasteiger partial charge in [-0.2, -0.15) is 0 Å². The summed E-state index contributed by atoms with van der Waals surface area (Å²) in [4.78, 5) is 4.16. The van der Waals surface area contributed by atoms with Crippen molar-refractivity contribution < 1.29 is 0 Å². The molecule has 1 aromatic heterocycles. The van der Waals surface area contributed by atoms with Crippen LogP contribution in [0.4, 0.5) is 0 Å². The lowest BCUT2D eigenvalue weighted by atomic mass is 10.3. The Labute approximate surface area is 78.1 Å². The van der Waals surface area contributed by atoms with Gasteiger partial charge in [-0.1, -0.05) is 5.92 Å². The number of rotatable bonds is 3. The molecule has 1 rings (SSSR count). The van der Waals surface area contributed by atoms with Crippen molar-refractivity contribution >= 4 is 0 Å². The molecule has 1 aromatic rings. The van der Waals surface area contributed by atoms with Crippen LogP contribution in [0.5, 0.6) is 0 Å². The maximum atomic E-state index is 5.26. The summed E-state index contributed by atoms with van der Waals surface area (Å²) in [5.41, 5.74) is 4.69. The Hall–Kier alpha value is -1.31. The highest BCUT2D eigenvalue weighted by Gasteiger charge is 2.06.